The molecule has 1 aliphatic heterocycles. The zero-order valence-electron chi connectivity index (χ0n) is 11.4. The molecular weight excluding hydrogens is 367 g/mol. The van der Waals surface area contributed by atoms with Crippen LogP contribution in [-0.4, -0.2) is 44.5 Å². The molecule has 0 bridgehead atoms. The molecule has 22 heavy (non-hydrogen) atoms. The Labute approximate surface area is 145 Å². The second kappa shape index (κ2) is 7.27. The SMILES string of the molecule is O=C(CSc1nnnn1C[C@@H]1CCCO1)c1cc(Cl)sc1Cl. The van der Waals surface area contributed by atoms with E-state index in [1.807, 2.05) is 0 Å². The van der Waals surface area contributed by atoms with Crippen molar-refractivity contribution in [2.45, 2.75) is 30.6 Å². The van der Waals surface area contributed by atoms with Gasteiger partial charge in [-0.05, 0) is 29.3 Å². The molecule has 3 heterocycles. The van der Waals surface area contributed by atoms with Crippen LogP contribution in [0.15, 0.2) is 11.2 Å². The molecule has 118 valence electrons. The van der Waals surface area contributed by atoms with Gasteiger partial charge < -0.3 is 4.74 Å². The zero-order valence-corrected chi connectivity index (χ0v) is 14.5. The highest BCUT2D eigenvalue weighted by Crippen LogP contribution is 2.32. The van der Waals surface area contributed by atoms with Crippen LogP contribution in [0.25, 0.3) is 0 Å². The molecule has 0 aliphatic carbocycles. The summed E-state index contributed by atoms with van der Waals surface area (Å²) in [5, 5.41) is 12.2. The van der Waals surface area contributed by atoms with Crippen molar-refractivity contribution in [3.63, 3.8) is 0 Å². The van der Waals surface area contributed by atoms with Crippen LogP contribution in [-0.2, 0) is 11.3 Å². The Morgan fingerprint density at radius 1 is 1.55 bits per heavy atom. The first-order chi connectivity index (χ1) is 10.6. The van der Waals surface area contributed by atoms with E-state index in [0.29, 0.717) is 25.9 Å². The van der Waals surface area contributed by atoms with Crippen molar-refractivity contribution in [2.75, 3.05) is 12.4 Å². The van der Waals surface area contributed by atoms with Crippen molar-refractivity contribution < 1.29 is 9.53 Å². The third-order valence-electron chi connectivity index (χ3n) is 3.19. The summed E-state index contributed by atoms with van der Waals surface area (Å²) in [6, 6.07) is 1.59. The smallest absolute Gasteiger partial charge is 0.209 e. The Hall–Kier alpha value is -0.670. The number of ether oxygens (including phenoxy) is 1. The minimum atomic E-state index is -0.0928. The summed E-state index contributed by atoms with van der Waals surface area (Å²) < 4.78 is 8.16. The molecule has 2 aromatic rings. The van der Waals surface area contributed by atoms with E-state index in [9.17, 15) is 4.79 Å². The molecule has 0 radical (unpaired) electrons. The Morgan fingerprint density at radius 3 is 3.09 bits per heavy atom. The molecule has 10 heteroatoms. The van der Waals surface area contributed by atoms with Gasteiger partial charge in [-0.3, -0.25) is 4.79 Å². The van der Waals surface area contributed by atoms with E-state index in [0.717, 1.165) is 19.4 Å². The van der Waals surface area contributed by atoms with Crippen LogP contribution in [0.1, 0.15) is 23.2 Å². The number of aromatic nitrogens is 4. The van der Waals surface area contributed by atoms with Gasteiger partial charge in [0, 0.05) is 12.2 Å². The highest BCUT2D eigenvalue weighted by molar-refractivity contribution is 7.99. The number of hydrogen-bond acceptors (Lipinski definition) is 7. The summed E-state index contributed by atoms with van der Waals surface area (Å²) in [7, 11) is 0. The molecule has 0 saturated carbocycles. The maximum absolute atomic E-state index is 12.2. The Bertz CT molecular complexity index is 670. The van der Waals surface area contributed by atoms with Crippen LogP contribution in [0.3, 0.4) is 0 Å². The van der Waals surface area contributed by atoms with E-state index in [1.54, 1.807) is 10.7 Å². The van der Waals surface area contributed by atoms with E-state index >= 15 is 0 Å². The van der Waals surface area contributed by atoms with Crippen molar-refractivity contribution in [1.29, 1.82) is 0 Å². The number of carbonyl (C=O) groups is 1. The van der Waals surface area contributed by atoms with Gasteiger partial charge in [-0.15, -0.1) is 16.4 Å². The number of halogens is 2. The number of ketones is 1. The Kier molecular flexibility index (Phi) is 5.35. The van der Waals surface area contributed by atoms with E-state index in [4.69, 9.17) is 27.9 Å². The van der Waals surface area contributed by atoms with Gasteiger partial charge in [0.2, 0.25) is 5.16 Å². The van der Waals surface area contributed by atoms with Crippen LogP contribution in [0.5, 0.6) is 0 Å². The van der Waals surface area contributed by atoms with Gasteiger partial charge >= 0.3 is 0 Å². The zero-order chi connectivity index (χ0) is 15.5. The fourth-order valence-corrected chi connectivity index (χ4v) is 4.40. The second-order valence-corrected chi connectivity index (χ2v) is 7.96. The molecule has 1 atom stereocenters. The fourth-order valence-electron chi connectivity index (χ4n) is 2.13. The molecule has 1 saturated heterocycles. The lowest BCUT2D eigenvalue weighted by Gasteiger charge is -2.09. The number of thioether (sulfide) groups is 1. The fraction of sp³-hybridized carbons (Fsp3) is 0.500. The number of carbonyl (C=O) groups excluding carboxylic acids is 1. The summed E-state index contributed by atoms with van der Waals surface area (Å²) in [4.78, 5) is 12.2. The van der Waals surface area contributed by atoms with Crippen molar-refractivity contribution in [3.8, 4) is 0 Å². The lowest BCUT2D eigenvalue weighted by atomic mass is 10.2. The summed E-state index contributed by atoms with van der Waals surface area (Å²) in [6.45, 7) is 1.39. The Balaban J connectivity index is 1.60. The third kappa shape index (κ3) is 3.80. The quantitative estimate of drug-likeness (QED) is 0.567. The molecule has 0 aromatic carbocycles. The lowest BCUT2D eigenvalue weighted by Crippen LogP contribution is -2.17. The van der Waals surface area contributed by atoms with Crippen LogP contribution in [0, 0.1) is 0 Å². The van der Waals surface area contributed by atoms with Crippen molar-refractivity contribution in [1.82, 2.24) is 20.2 Å². The van der Waals surface area contributed by atoms with Gasteiger partial charge in [0.05, 0.1) is 22.7 Å². The summed E-state index contributed by atoms with van der Waals surface area (Å²) in [6.07, 6.45) is 2.21. The van der Waals surface area contributed by atoms with E-state index in [-0.39, 0.29) is 17.6 Å². The van der Waals surface area contributed by atoms with Gasteiger partial charge in [0.15, 0.2) is 5.78 Å². The average Bonchev–Trinajstić information content (AvgIpc) is 3.19. The van der Waals surface area contributed by atoms with Gasteiger partial charge in [-0.25, -0.2) is 4.68 Å². The molecule has 2 aromatic heterocycles. The number of thiophene rings is 1. The van der Waals surface area contributed by atoms with E-state index < -0.39 is 0 Å². The number of Topliss-reactive ketones (excluding diaryl/α,β-unsaturated/α-hetero) is 1. The lowest BCUT2D eigenvalue weighted by molar-refractivity contribution is 0.0912. The summed E-state index contributed by atoms with van der Waals surface area (Å²) in [5.74, 6) is 0.114. The van der Waals surface area contributed by atoms with Gasteiger partial charge in [0.1, 0.15) is 4.34 Å². The maximum atomic E-state index is 12.2. The highest BCUT2D eigenvalue weighted by Gasteiger charge is 2.20. The largest absolute Gasteiger partial charge is 0.376 e. The van der Waals surface area contributed by atoms with Gasteiger partial charge in [-0.1, -0.05) is 35.0 Å². The normalized spacial score (nSPS) is 18.0. The molecule has 0 amide bonds. The second-order valence-electron chi connectivity index (χ2n) is 4.73. The predicted octanol–water partition coefficient (Wildman–Crippen LogP) is 3.20. The van der Waals surface area contributed by atoms with Crippen LogP contribution in [0.4, 0.5) is 0 Å². The van der Waals surface area contributed by atoms with Crippen LogP contribution in [0.2, 0.25) is 8.67 Å². The highest BCUT2D eigenvalue weighted by atomic mass is 35.5. The maximum Gasteiger partial charge on any atom is 0.209 e. The van der Waals surface area contributed by atoms with Crippen molar-refractivity contribution in [3.05, 3.63) is 20.3 Å². The summed E-state index contributed by atoms with van der Waals surface area (Å²) in [5.41, 5.74) is 0.447. The molecular formula is C12H12Cl2N4O2S2. The molecule has 6 nitrogen and oxygen atoms in total. The summed E-state index contributed by atoms with van der Waals surface area (Å²) >= 11 is 14.3. The Morgan fingerprint density at radius 2 is 2.41 bits per heavy atom. The molecule has 1 fully saturated rings. The molecule has 0 unspecified atom stereocenters. The van der Waals surface area contributed by atoms with Gasteiger partial charge in [0.25, 0.3) is 0 Å². The minimum Gasteiger partial charge on any atom is -0.376 e. The first-order valence-electron chi connectivity index (χ1n) is 6.62. The number of tetrazole rings is 1. The topological polar surface area (TPSA) is 69.9 Å². The van der Waals surface area contributed by atoms with E-state index in [2.05, 4.69) is 15.5 Å². The minimum absolute atomic E-state index is 0.0928. The first-order valence-corrected chi connectivity index (χ1v) is 9.18. The average molecular weight is 379 g/mol. The molecule has 1 aliphatic rings. The first kappa shape index (κ1) is 16.2. The molecule has 0 spiro atoms. The number of nitrogens with zero attached hydrogens (tertiary/aromatic N) is 4. The standard InChI is InChI=1S/C12H12Cl2N4O2S2/c13-10-4-8(11(14)22-10)9(19)6-21-12-15-16-17-18(12)5-7-2-1-3-20-7/h4,7H,1-3,5-6H2/t7-/m0/s1. The van der Waals surface area contributed by atoms with E-state index in [1.165, 1.54) is 23.1 Å². The molecule has 0 N–H and O–H groups in total. The van der Waals surface area contributed by atoms with Crippen molar-refractivity contribution in [2.24, 2.45) is 0 Å². The van der Waals surface area contributed by atoms with Crippen molar-refractivity contribution >= 4 is 52.1 Å². The van der Waals surface area contributed by atoms with Crippen LogP contribution >= 0.6 is 46.3 Å². The van der Waals surface area contributed by atoms with Gasteiger partial charge in [-0.2, -0.15) is 0 Å². The number of rotatable bonds is 6. The number of hydrogen-bond donors (Lipinski definition) is 0. The van der Waals surface area contributed by atoms with Crippen LogP contribution < -0.4 is 0 Å². The predicted molar refractivity (Wildman–Crippen MR) is 86.2 cm³/mol. The molecule has 3 rings (SSSR count). The third-order valence-corrected chi connectivity index (χ3v) is 5.63. The monoisotopic (exact) mass is 378 g/mol.